The summed E-state index contributed by atoms with van der Waals surface area (Å²) in [6.45, 7) is 0. The number of benzene rings is 5. The van der Waals surface area contributed by atoms with Crippen LogP contribution in [0, 0.1) is 0 Å². The SMILES string of the molecule is COc1ccc(N2C(=O)[C@@H](Oc3ccc4ccccc4c3)[C@H]2c2ccc3c(c2)C(=O)c2ccccc2C3=O)cc1. The lowest BCUT2D eigenvalue weighted by atomic mass is 9.81. The Bertz CT molecular complexity index is 1840. The van der Waals surface area contributed by atoms with E-state index in [1.807, 2.05) is 60.7 Å². The first kappa shape index (κ1) is 23.9. The maximum atomic E-state index is 13.6. The van der Waals surface area contributed by atoms with E-state index in [-0.39, 0.29) is 17.5 Å². The summed E-state index contributed by atoms with van der Waals surface area (Å²) in [5.41, 5.74) is 2.88. The van der Waals surface area contributed by atoms with Gasteiger partial charge in [0, 0.05) is 27.9 Å². The molecule has 1 saturated heterocycles. The number of β-lactam (4-membered cyclic amide) rings is 1. The van der Waals surface area contributed by atoms with Gasteiger partial charge < -0.3 is 9.47 Å². The summed E-state index contributed by atoms with van der Waals surface area (Å²) in [6, 6.07) is 32.5. The number of carbonyl (C=O) groups excluding carboxylic acids is 3. The first-order valence-corrected chi connectivity index (χ1v) is 13.0. The molecule has 5 aromatic carbocycles. The Labute approximate surface area is 230 Å². The van der Waals surface area contributed by atoms with Gasteiger partial charge in [0.2, 0.25) is 6.10 Å². The molecule has 1 aliphatic carbocycles. The number of hydrogen-bond donors (Lipinski definition) is 0. The lowest BCUT2D eigenvalue weighted by Crippen LogP contribution is -2.61. The van der Waals surface area contributed by atoms with Crippen LogP contribution in [0.3, 0.4) is 0 Å². The van der Waals surface area contributed by atoms with E-state index in [0.717, 1.165) is 10.8 Å². The molecule has 6 nitrogen and oxygen atoms in total. The lowest BCUT2D eigenvalue weighted by molar-refractivity contribution is -0.135. The van der Waals surface area contributed by atoms with E-state index in [1.54, 1.807) is 60.5 Å². The molecule has 0 N–H and O–H groups in total. The van der Waals surface area contributed by atoms with Gasteiger partial charge in [-0.25, -0.2) is 0 Å². The van der Waals surface area contributed by atoms with Crippen LogP contribution >= 0.6 is 0 Å². The Kier molecular flexibility index (Phi) is 5.49. The van der Waals surface area contributed by atoms with Gasteiger partial charge in [-0.1, -0.05) is 60.7 Å². The van der Waals surface area contributed by atoms with Crippen LogP contribution in [0.5, 0.6) is 11.5 Å². The zero-order valence-corrected chi connectivity index (χ0v) is 21.5. The average molecular weight is 526 g/mol. The number of anilines is 1. The van der Waals surface area contributed by atoms with E-state index in [2.05, 4.69) is 0 Å². The molecule has 1 amide bonds. The van der Waals surface area contributed by atoms with Gasteiger partial charge in [0.15, 0.2) is 11.6 Å². The fraction of sp³-hybridized carbons (Fsp3) is 0.0882. The standard InChI is InChI=1S/C34H23NO5/c1-39-24-15-12-23(13-16-24)35-30(33(34(35)38)40-25-14-10-20-6-2-3-7-21(20)18-25)22-11-17-28-29(19-22)32(37)27-9-5-4-8-26(27)31(28)36/h2-19,30,33H,1H3/t30-,33+/m1/s1. The minimum atomic E-state index is -0.817. The summed E-state index contributed by atoms with van der Waals surface area (Å²) in [5, 5.41) is 2.08. The largest absolute Gasteiger partial charge is 0.497 e. The molecule has 2 aliphatic rings. The van der Waals surface area contributed by atoms with Gasteiger partial charge in [-0.2, -0.15) is 0 Å². The van der Waals surface area contributed by atoms with Crippen molar-refractivity contribution in [1.29, 1.82) is 0 Å². The van der Waals surface area contributed by atoms with Gasteiger partial charge in [0.1, 0.15) is 17.5 Å². The first-order chi connectivity index (χ1) is 19.5. The highest BCUT2D eigenvalue weighted by Gasteiger charge is 2.51. The van der Waals surface area contributed by atoms with E-state index >= 15 is 0 Å². The lowest BCUT2D eigenvalue weighted by Gasteiger charge is -2.47. The quantitative estimate of drug-likeness (QED) is 0.252. The van der Waals surface area contributed by atoms with E-state index in [9.17, 15) is 14.4 Å². The minimum Gasteiger partial charge on any atom is -0.497 e. The summed E-state index contributed by atoms with van der Waals surface area (Å²) in [4.78, 5) is 41.9. The van der Waals surface area contributed by atoms with Crippen molar-refractivity contribution < 1.29 is 23.9 Å². The molecule has 40 heavy (non-hydrogen) atoms. The molecule has 0 aromatic heterocycles. The number of hydrogen-bond acceptors (Lipinski definition) is 5. The monoisotopic (exact) mass is 525 g/mol. The van der Waals surface area contributed by atoms with Crippen LogP contribution in [0.1, 0.15) is 43.4 Å². The number of fused-ring (bicyclic) bond motifs is 3. The second-order valence-corrected chi connectivity index (χ2v) is 9.91. The fourth-order valence-corrected chi connectivity index (χ4v) is 5.62. The average Bonchev–Trinajstić information content (AvgIpc) is 3.01. The molecule has 0 spiro atoms. The molecule has 0 saturated carbocycles. The fourth-order valence-electron chi connectivity index (χ4n) is 5.62. The highest BCUT2D eigenvalue weighted by molar-refractivity contribution is 6.28. The van der Waals surface area contributed by atoms with Crippen molar-refractivity contribution in [2.24, 2.45) is 0 Å². The van der Waals surface area contributed by atoms with Crippen molar-refractivity contribution in [2.45, 2.75) is 12.1 Å². The van der Waals surface area contributed by atoms with Crippen LogP contribution in [-0.2, 0) is 4.79 Å². The topological polar surface area (TPSA) is 72.9 Å². The molecule has 5 aromatic rings. The number of methoxy groups -OCH3 is 1. The second-order valence-electron chi connectivity index (χ2n) is 9.91. The molecule has 6 heteroatoms. The maximum absolute atomic E-state index is 13.6. The van der Waals surface area contributed by atoms with Crippen molar-refractivity contribution in [3.63, 3.8) is 0 Å². The molecule has 2 atom stereocenters. The number of nitrogens with zero attached hydrogens (tertiary/aromatic N) is 1. The van der Waals surface area contributed by atoms with Gasteiger partial charge in [0.05, 0.1) is 7.11 Å². The molecular weight excluding hydrogens is 502 g/mol. The Morgan fingerprint density at radius 3 is 1.95 bits per heavy atom. The zero-order valence-electron chi connectivity index (χ0n) is 21.5. The van der Waals surface area contributed by atoms with E-state index in [0.29, 0.717) is 45.0 Å². The molecule has 0 bridgehead atoms. The Hall–Kier alpha value is -5.23. The molecular formula is C34H23NO5. The van der Waals surface area contributed by atoms with Crippen molar-refractivity contribution in [3.8, 4) is 11.5 Å². The summed E-state index contributed by atoms with van der Waals surface area (Å²) < 4.78 is 11.6. The highest BCUT2D eigenvalue weighted by atomic mass is 16.5. The van der Waals surface area contributed by atoms with Gasteiger partial charge in [-0.3, -0.25) is 19.3 Å². The van der Waals surface area contributed by atoms with Crippen LogP contribution in [0.4, 0.5) is 5.69 Å². The summed E-state index contributed by atoms with van der Waals surface area (Å²) in [5.74, 6) is 0.662. The van der Waals surface area contributed by atoms with Crippen LogP contribution in [0.15, 0.2) is 109 Å². The number of ether oxygens (including phenoxy) is 2. The van der Waals surface area contributed by atoms with Crippen molar-refractivity contribution in [1.82, 2.24) is 0 Å². The first-order valence-electron chi connectivity index (χ1n) is 13.0. The third-order valence-corrected chi connectivity index (χ3v) is 7.67. The Balaban J connectivity index is 1.30. The van der Waals surface area contributed by atoms with E-state index in [4.69, 9.17) is 9.47 Å². The molecule has 1 heterocycles. The van der Waals surface area contributed by atoms with Gasteiger partial charge >= 0.3 is 0 Å². The van der Waals surface area contributed by atoms with E-state index < -0.39 is 12.1 Å². The summed E-state index contributed by atoms with van der Waals surface area (Å²) in [6.07, 6.45) is -0.817. The predicted molar refractivity (Wildman–Crippen MR) is 151 cm³/mol. The number of amides is 1. The maximum Gasteiger partial charge on any atom is 0.271 e. The smallest absolute Gasteiger partial charge is 0.271 e. The molecule has 1 aliphatic heterocycles. The second kappa shape index (κ2) is 9.20. The van der Waals surface area contributed by atoms with Gasteiger partial charge in [-0.05, 0) is 64.9 Å². The molecule has 7 rings (SSSR count). The third-order valence-electron chi connectivity index (χ3n) is 7.67. The van der Waals surface area contributed by atoms with Crippen molar-refractivity contribution in [3.05, 3.63) is 137 Å². The number of rotatable bonds is 5. The number of carbonyl (C=O) groups is 3. The van der Waals surface area contributed by atoms with Crippen LogP contribution < -0.4 is 14.4 Å². The van der Waals surface area contributed by atoms with E-state index in [1.165, 1.54) is 0 Å². The zero-order chi connectivity index (χ0) is 27.4. The normalized spacial score (nSPS) is 17.7. The van der Waals surface area contributed by atoms with Crippen LogP contribution in [0.2, 0.25) is 0 Å². The van der Waals surface area contributed by atoms with Gasteiger partial charge in [-0.15, -0.1) is 0 Å². The van der Waals surface area contributed by atoms with Crippen LogP contribution in [-0.4, -0.2) is 30.7 Å². The molecule has 0 unspecified atom stereocenters. The Morgan fingerprint density at radius 2 is 1.23 bits per heavy atom. The predicted octanol–water partition coefficient (Wildman–Crippen LogP) is 6.16. The van der Waals surface area contributed by atoms with Crippen LogP contribution in [0.25, 0.3) is 10.8 Å². The minimum absolute atomic E-state index is 0.183. The highest BCUT2D eigenvalue weighted by Crippen LogP contribution is 2.43. The molecule has 194 valence electrons. The summed E-state index contributed by atoms with van der Waals surface area (Å²) >= 11 is 0. The summed E-state index contributed by atoms with van der Waals surface area (Å²) in [7, 11) is 1.59. The third kappa shape index (κ3) is 3.68. The molecule has 0 radical (unpaired) electrons. The Morgan fingerprint density at radius 1 is 0.600 bits per heavy atom. The van der Waals surface area contributed by atoms with Crippen molar-refractivity contribution >= 4 is 33.9 Å². The molecule has 1 fully saturated rings. The van der Waals surface area contributed by atoms with Gasteiger partial charge in [0.25, 0.3) is 5.91 Å². The van der Waals surface area contributed by atoms with Crippen molar-refractivity contribution in [2.75, 3.05) is 12.0 Å². The number of ketones is 2.